The number of hydrogen-bond donors (Lipinski definition) is 0. The molecule has 0 N–H and O–H groups in total. The van der Waals surface area contributed by atoms with E-state index in [9.17, 15) is 0 Å². The molecular formula is C31H26N4Pt. The van der Waals surface area contributed by atoms with Gasteiger partial charge in [0.15, 0.2) is 0 Å². The Balaban J connectivity index is 0.00000267. The number of fused-ring (bicyclic) bond motifs is 2. The van der Waals surface area contributed by atoms with E-state index in [0.717, 1.165) is 50.3 Å². The molecule has 0 aliphatic rings. The predicted octanol–water partition coefficient (Wildman–Crippen LogP) is 6.72. The normalized spacial score (nSPS) is 11.7. The zero-order valence-electron chi connectivity index (χ0n) is 20.7. The molecule has 6 rings (SSSR count). The number of para-hydroxylation sites is 1. The van der Waals surface area contributed by atoms with Crippen LogP contribution < -0.4 is 0 Å². The van der Waals surface area contributed by atoms with Crippen molar-refractivity contribution in [1.82, 2.24) is 19.1 Å². The number of nitrogens with zero attached hydrogens (tertiary/aromatic N) is 4. The van der Waals surface area contributed by atoms with Crippen molar-refractivity contribution < 1.29 is 21.1 Å². The summed E-state index contributed by atoms with van der Waals surface area (Å²) >= 11 is 0. The van der Waals surface area contributed by atoms with Crippen molar-refractivity contribution in [3.63, 3.8) is 0 Å². The Kier molecular flexibility index (Phi) is 6.18. The molecule has 2 aromatic carbocycles. The number of benzene rings is 2. The smallest absolute Gasteiger partial charge is 0.397 e. The van der Waals surface area contributed by atoms with E-state index >= 15 is 0 Å². The van der Waals surface area contributed by atoms with Crippen LogP contribution in [-0.4, -0.2) is 19.1 Å². The Hall–Kier alpha value is -3.49. The van der Waals surface area contributed by atoms with E-state index < -0.39 is 0 Å². The second-order valence-electron chi connectivity index (χ2n) is 9.53. The number of rotatable bonds is 4. The summed E-state index contributed by atoms with van der Waals surface area (Å²) in [6.45, 7) is 4.44. The molecule has 4 aromatic heterocycles. The van der Waals surface area contributed by atoms with Crippen LogP contribution in [0.25, 0.3) is 44.6 Å². The van der Waals surface area contributed by atoms with Gasteiger partial charge in [0, 0.05) is 37.4 Å². The van der Waals surface area contributed by atoms with Crippen molar-refractivity contribution in [3.05, 3.63) is 108 Å². The number of pyridine rings is 2. The zero-order valence-corrected chi connectivity index (χ0v) is 23.0. The average molecular weight is 650 g/mol. The first-order valence-corrected chi connectivity index (χ1v) is 11.8. The van der Waals surface area contributed by atoms with Gasteiger partial charge < -0.3 is 14.1 Å². The van der Waals surface area contributed by atoms with Crippen LogP contribution in [0.3, 0.4) is 0 Å². The molecule has 0 aliphatic carbocycles. The van der Waals surface area contributed by atoms with Gasteiger partial charge in [0.1, 0.15) is 0 Å². The standard InChI is InChI=1S/C31H26N4.Pt/c1-31(2,30-17-7-8-18-32-30)23-12-9-16-27-22(23)20-29(35(27)4)25-14-10-13-24(33-25)28-19-21-11-5-6-15-26(21)34(28)3;/h5-18H,1-4H3;/q-2;+2. The summed E-state index contributed by atoms with van der Waals surface area (Å²) in [5.74, 6) is 0. The molecule has 0 saturated carbocycles. The van der Waals surface area contributed by atoms with E-state index in [1.807, 2.05) is 30.5 Å². The Labute approximate surface area is 225 Å². The van der Waals surface area contributed by atoms with Crippen LogP contribution in [0, 0.1) is 12.1 Å². The van der Waals surface area contributed by atoms with Crippen molar-refractivity contribution in [1.29, 1.82) is 0 Å². The van der Waals surface area contributed by atoms with Gasteiger partial charge in [-0.05, 0) is 40.0 Å². The molecule has 0 spiro atoms. The quantitative estimate of drug-likeness (QED) is 0.199. The van der Waals surface area contributed by atoms with Crippen LogP contribution in [0.2, 0.25) is 0 Å². The Morgan fingerprint density at radius 2 is 1.33 bits per heavy atom. The molecule has 0 saturated heterocycles. The van der Waals surface area contributed by atoms with Gasteiger partial charge in [-0.25, -0.2) is 0 Å². The molecule has 6 aromatic rings. The monoisotopic (exact) mass is 649 g/mol. The molecular weight excluding hydrogens is 623 g/mol. The third kappa shape index (κ3) is 3.81. The van der Waals surface area contributed by atoms with E-state index in [1.54, 1.807) is 0 Å². The molecule has 0 radical (unpaired) electrons. The minimum absolute atomic E-state index is 0. The van der Waals surface area contributed by atoms with Crippen LogP contribution in [0.4, 0.5) is 0 Å². The summed E-state index contributed by atoms with van der Waals surface area (Å²) < 4.78 is 4.34. The maximum Gasteiger partial charge on any atom is 2.00 e. The topological polar surface area (TPSA) is 35.6 Å². The van der Waals surface area contributed by atoms with Crippen molar-refractivity contribution >= 4 is 21.8 Å². The molecule has 180 valence electrons. The second kappa shape index (κ2) is 9.18. The molecule has 4 heterocycles. The third-order valence-corrected chi connectivity index (χ3v) is 7.05. The molecule has 0 bridgehead atoms. The minimum Gasteiger partial charge on any atom is -0.397 e. The van der Waals surface area contributed by atoms with E-state index in [4.69, 9.17) is 4.98 Å². The first-order valence-electron chi connectivity index (χ1n) is 11.8. The summed E-state index contributed by atoms with van der Waals surface area (Å²) in [5.41, 5.74) is 7.98. The molecule has 4 nitrogen and oxygen atoms in total. The fourth-order valence-electron chi connectivity index (χ4n) is 5.04. The van der Waals surface area contributed by atoms with Crippen LogP contribution in [-0.2, 0) is 40.6 Å². The molecule has 0 atom stereocenters. The first kappa shape index (κ1) is 24.2. The van der Waals surface area contributed by atoms with Crippen LogP contribution in [0.15, 0.2) is 85.1 Å². The molecule has 0 aliphatic heterocycles. The summed E-state index contributed by atoms with van der Waals surface area (Å²) in [6.07, 6.45) is 1.86. The molecule has 5 heteroatoms. The fraction of sp³-hybridized carbons (Fsp3) is 0.161. The number of aryl methyl sites for hydroxylation is 2. The number of aromatic nitrogens is 4. The van der Waals surface area contributed by atoms with E-state index in [2.05, 4.69) is 109 Å². The third-order valence-electron chi connectivity index (χ3n) is 7.05. The van der Waals surface area contributed by atoms with Gasteiger partial charge in [-0.2, -0.15) is 0 Å². The Morgan fingerprint density at radius 3 is 2.06 bits per heavy atom. The van der Waals surface area contributed by atoms with Crippen molar-refractivity contribution in [3.8, 4) is 22.8 Å². The summed E-state index contributed by atoms with van der Waals surface area (Å²) in [7, 11) is 4.15. The fourth-order valence-corrected chi connectivity index (χ4v) is 5.04. The number of hydrogen-bond acceptors (Lipinski definition) is 2. The average Bonchev–Trinajstić information content (AvgIpc) is 3.41. The van der Waals surface area contributed by atoms with Gasteiger partial charge in [0.05, 0.1) is 0 Å². The van der Waals surface area contributed by atoms with Crippen molar-refractivity contribution in [2.75, 3.05) is 0 Å². The Morgan fingerprint density at radius 1 is 0.694 bits per heavy atom. The van der Waals surface area contributed by atoms with Crippen molar-refractivity contribution in [2.45, 2.75) is 19.3 Å². The SMILES string of the molecule is Cn1c(-c2cccc(-c3[c-]c4c(C(C)(C)c5ccccn5)cccc4n3C)n2)[c-]c2ccccc21.[Pt+2]. The van der Waals surface area contributed by atoms with Gasteiger partial charge in [0.2, 0.25) is 0 Å². The maximum absolute atomic E-state index is 5.06. The van der Waals surface area contributed by atoms with Gasteiger partial charge in [0.25, 0.3) is 0 Å². The summed E-state index contributed by atoms with van der Waals surface area (Å²) in [6, 6.07) is 34.2. The molecule has 36 heavy (non-hydrogen) atoms. The molecule has 0 unspecified atom stereocenters. The van der Waals surface area contributed by atoms with Crippen LogP contribution in [0.5, 0.6) is 0 Å². The van der Waals surface area contributed by atoms with Crippen LogP contribution >= 0.6 is 0 Å². The second-order valence-corrected chi connectivity index (χ2v) is 9.53. The summed E-state index contributed by atoms with van der Waals surface area (Å²) in [5, 5.41) is 2.19. The van der Waals surface area contributed by atoms with Gasteiger partial charge in [-0.15, -0.1) is 46.7 Å². The molecule has 0 amide bonds. The minimum atomic E-state index is -0.261. The van der Waals surface area contributed by atoms with E-state index in [-0.39, 0.29) is 26.5 Å². The van der Waals surface area contributed by atoms with E-state index in [0.29, 0.717) is 0 Å². The van der Waals surface area contributed by atoms with Crippen molar-refractivity contribution in [2.24, 2.45) is 14.1 Å². The Bertz CT molecular complexity index is 1690. The molecule has 0 fully saturated rings. The predicted molar refractivity (Wildman–Crippen MR) is 142 cm³/mol. The maximum atomic E-state index is 5.06. The largest absolute Gasteiger partial charge is 2.00 e. The van der Waals surface area contributed by atoms with Gasteiger partial charge in [-0.3, -0.25) is 4.98 Å². The first-order chi connectivity index (χ1) is 16.9. The van der Waals surface area contributed by atoms with Gasteiger partial charge >= 0.3 is 21.1 Å². The van der Waals surface area contributed by atoms with E-state index in [1.165, 1.54) is 5.56 Å². The van der Waals surface area contributed by atoms with Gasteiger partial charge in [-0.1, -0.05) is 62.4 Å². The van der Waals surface area contributed by atoms with Crippen LogP contribution in [0.1, 0.15) is 25.1 Å². The zero-order chi connectivity index (χ0) is 24.2. The summed E-state index contributed by atoms with van der Waals surface area (Å²) in [4.78, 5) is 9.71.